The van der Waals surface area contributed by atoms with Crippen LogP contribution >= 0.6 is 34.4 Å². The van der Waals surface area contributed by atoms with E-state index in [2.05, 4.69) is 34.1 Å². The number of nitrogens with one attached hydrogen (secondary N) is 2. The van der Waals surface area contributed by atoms with E-state index in [0.717, 1.165) is 21.4 Å². The van der Waals surface area contributed by atoms with Crippen LogP contribution in [0.3, 0.4) is 0 Å². The second-order valence-electron chi connectivity index (χ2n) is 6.15. The lowest BCUT2D eigenvalue weighted by Crippen LogP contribution is -2.13. The van der Waals surface area contributed by atoms with Gasteiger partial charge in [-0.3, -0.25) is 14.8 Å². The van der Waals surface area contributed by atoms with E-state index >= 15 is 0 Å². The molecule has 0 spiro atoms. The number of carbonyl (C=O) groups is 1. The molecule has 0 saturated heterocycles. The molecule has 0 aliphatic carbocycles. The highest BCUT2D eigenvalue weighted by molar-refractivity contribution is 8.01. The van der Waals surface area contributed by atoms with Crippen molar-refractivity contribution >= 4 is 61.2 Å². The van der Waals surface area contributed by atoms with E-state index in [1.807, 2.05) is 0 Å². The van der Waals surface area contributed by atoms with Gasteiger partial charge in [0.25, 0.3) is 15.9 Å². The largest absolute Gasteiger partial charge is 0.296 e. The Balaban J connectivity index is 1.61. The Morgan fingerprint density at radius 3 is 2.57 bits per heavy atom. The average molecular weight is 455 g/mol. The molecule has 28 heavy (non-hydrogen) atoms. The highest BCUT2D eigenvalue weighted by atomic mass is 32.2. The molecule has 0 unspecified atom stereocenters. The van der Waals surface area contributed by atoms with Gasteiger partial charge < -0.3 is 0 Å². The number of hydrogen-bond acceptors (Lipinski definition) is 8. The molecular weight excluding hydrogens is 436 g/mol. The lowest BCUT2D eigenvalue weighted by atomic mass is 10.2. The minimum absolute atomic E-state index is 0.233. The van der Waals surface area contributed by atoms with Crippen LogP contribution in [0.5, 0.6) is 0 Å². The summed E-state index contributed by atoms with van der Waals surface area (Å²) in [5.41, 5.74) is 0.777. The third kappa shape index (κ3) is 5.53. The van der Waals surface area contributed by atoms with Crippen LogP contribution in [0.2, 0.25) is 0 Å². The molecule has 2 aromatic heterocycles. The Labute approximate surface area is 175 Å². The Morgan fingerprint density at radius 2 is 1.93 bits per heavy atom. The summed E-state index contributed by atoms with van der Waals surface area (Å²) in [6.07, 6.45) is 0. The van der Waals surface area contributed by atoms with Crippen molar-refractivity contribution in [2.75, 3.05) is 15.8 Å². The minimum Gasteiger partial charge on any atom is -0.296 e. The van der Waals surface area contributed by atoms with Crippen LogP contribution in [0.1, 0.15) is 24.2 Å². The summed E-state index contributed by atoms with van der Waals surface area (Å²) in [7, 11) is -3.61. The third-order valence-corrected chi connectivity index (χ3v) is 8.50. The summed E-state index contributed by atoms with van der Waals surface area (Å²) in [5, 5.41) is 12.9. The number of nitrogens with zero attached hydrogens (tertiary/aromatic N) is 2. The van der Waals surface area contributed by atoms with E-state index in [1.165, 1.54) is 17.4 Å². The highest BCUT2D eigenvalue weighted by Crippen LogP contribution is 2.27. The zero-order valence-corrected chi connectivity index (χ0v) is 18.3. The van der Waals surface area contributed by atoms with E-state index in [9.17, 15) is 13.2 Å². The van der Waals surface area contributed by atoms with Crippen molar-refractivity contribution in [3.05, 3.63) is 47.3 Å². The van der Waals surface area contributed by atoms with E-state index < -0.39 is 10.0 Å². The summed E-state index contributed by atoms with van der Waals surface area (Å²) < 4.78 is 28.0. The molecule has 0 radical (unpaired) electrons. The number of thioether (sulfide) groups is 1. The minimum atomic E-state index is -3.61. The molecule has 1 aromatic carbocycles. The maximum Gasteiger partial charge on any atom is 0.271 e. The highest BCUT2D eigenvalue weighted by Gasteiger charge is 2.16. The van der Waals surface area contributed by atoms with Gasteiger partial charge in [-0.2, -0.15) is 0 Å². The van der Waals surface area contributed by atoms with Crippen molar-refractivity contribution in [2.24, 2.45) is 5.92 Å². The van der Waals surface area contributed by atoms with Crippen molar-refractivity contribution in [2.45, 2.75) is 22.4 Å². The van der Waals surface area contributed by atoms with Gasteiger partial charge in [0.1, 0.15) is 4.21 Å². The fourth-order valence-corrected chi connectivity index (χ4v) is 5.81. The number of carbonyl (C=O) groups excluding carboxylic acids is 1. The lowest BCUT2D eigenvalue weighted by molar-refractivity contribution is 0.102. The van der Waals surface area contributed by atoms with Crippen LogP contribution in [-0.4, -0.2) is 30.3 Å². The van der Waals surface area contributed by atoms with Gasteiger partial charge in [-0.15, -0.1) is 21.5 Å². The number of benzene rings is 1. The van der Waals surface area contributed by atoms with Crippen molar-refractivity contribution in [1.82, 2.24) is 10.2 Å². The first-order valence-corrected chi connectivity index (χ1v) is 12.4. The molecule has 2 N–H and O–H groups in total. The van der Waals surface area contributed by atoms with Crippen molar-refractivity contribution in [1.29, 1.82) is 0 Å². The first-order chi connectivity index (χ1) is 13.3. The standard InChI is InChI=1S/C17H18N4O3S4/c1-11(2)10-26-17-20-19-16(27-17)18-15(22)12-5-7-13(8-6-12)21-28(23,24)14-4-3-9-25-14/h3-9,11,21H,10H2,1-2H3,(H,18,19,22). The average Bonchev–Trinajstić information content (AvgIpc) is 3.32. The quantitative estimate of drug-likeness (QED) is 0.386. The normalized spacial score (nSPS) is 11.5. The van der Waals surface area contributed by atoms with Crippen molar-refractivity contribution in [3.63, 3.8) is 0 Å². The molecule has 0 saturated carbocycles. The van der Waals surface area contributed by atoms with Crippen LogP contribution in [0.4, 0.5) is 10.8 Å². The van der Waals surface area contributed by atoms with Gasteiger partial charge in [0, 0.05) is 17.0 Å². The first kappa shape index (κ1) is 20.8. The number of thiophene rings is 1. The SMILES string of the molecule is CC(C)CSc1nnc(NC(=O)c2ccc(NS(=O)(=O)c3cccs3)cc2)s1. The maximum absolute atomic E-state index is 12.4. The number of hydrogen-bond donors (Lipinski definition) is 2. The molecule has 0 atom stereocenters. The topological polar surface area (TPSA) is 101 Å². The zero-order valence-electron chi connectivity index (χ0n) is 15.1. The van der Waals surface area contributed by atoms with Gasteiger partial charge in [-0.1, -0.05) is 43.0 Å². The van der Waals surface area contributed by atoms with Gasteiger partial charge in [0.15, 0.2) is 4.34 Å². The number of aromatic nitrogens is 2. The van der Waals surface area contributed by atoms with Crippen molar-refractivity contribution in [3.8, 4) is 0 Å². The van der Waals surface area contributed by atoms with Crippen LogP contribution in [0.25, 0.3) is 0 Å². The molecule has 11 heteroatoms. The van der Waals surface area contributed by atoms with Crippen LogP contribution < -0.4 is 10.0 Å². The Morgan fingerprint density at radius 1 is 1.18 bits per heavy atom. The number of sulfonamides is 1. The molecule has 148 valence electrons. The molecule has 0 bridgehead atoms. The van der Waals surface area contributed by atoms with E-state index in [0.29, 0.717) is 22.3 Å². The van der Waals surface area contributed by atoms with Gasteiger partial charge in [-0.05, 0) is 41.6 Å². The van der Waals surface area contributed by atoms with Gasteiger partial charge >= 0.3 is 0 Å². The zero-order chi connectivity index (χ0) is 20.1. The van der Waals surface area contributed by atoms with Gasteiger partial charge in [-0.25, -0.2) is 8.42 Å². The molecular formula is C17H18N4O3S4. The molecule has 3 rings (SSSR count). The van der Waals surface area contributed by atoms with Crippen LogP contribution in [0, 0.1) is 5.92 Å². The Kier molecular flexibility index (Phi) is 6.70. The van der Waals surface area contributed by atoms with Gasteiger partial charge in [0.2, 0.25) is 5.13 Å². The summed E-state index contributed by atoms with van der Waals surface area (Å²) in [6, 6.07) is 9.40. The summed E-state index contributed by atoms with van der Waals surface area (Å²) in [6.45, 7) is 4.25. The maximum atomic E-state index is 12.4. The second-order valence-corrected chi connectivity index (χ2v) is 11.2. The third-order valence-electron chi connectivity index (χ3n) is 3.33. The smallest absolute Gasteiger partial charge is 0.271 e. The molecule has 3 aromatic rings. The van der Waals surface area contributed by atoms with E-state index in [1.54, 1.807) is 47.5 Å². The Hall–Kier alpha value is -1.95. The first-order valence-electron chi connectivity index (χ1n) is 8.27. The predicted octanol–water partition coefficient (Wildman–Crippen LogP) is 4.40. The van der Waals surface area contributed by atoms with Gasteiger partial charge in [0.05, 0.1) is 0 Å². The fourth-order valence-electron chi connectivity index (χ4n) is 2.04. The molecule has 0 aliphatic heterocycles. The monoisotopic (exact) mass is 454 g/mol. The van der Waals surface area contributed by atoms with Crippen LogP contribution in [0.15, 0.2) is 50.3 Å². The molecule has 1 amide bonds. The van der Waals surface area contributed by atoms with E-state index in [4.69, 9.17) is 0 Å². The summed E-state index contributed by atoms with van der Waals surface area (Å²) >= 11 is 4.07. The van der Waals surface area contributed by atoms with Crippen LogP contribution in [-0.2, 0) is 10.0 Å². The molecule has 0 aliphatic rings. The molecule has 2 heterocycles. The Bertz CT molecular complexity index is 1030. The van der Waals surface area contributed by atoms with E-state index in [-0.39, 0.29) is 10.1 Å². The lowest BCUT2D eigenvalue weighted by Gasteiger charge is -2.07. The second kappa shape index (κ2) is 9.03. The number of anilines is 2. The predicted molar refractivity (Wildman–Crippen MR) is 115 cm³/mol. The summed E-state index contributed by atoms with van der Waals surface area (Å²) in [4.78, 5) is 12.4. The summed E-state index contributed by atoms with van der Waals surface area (Å²) in [5.74, 6) is 1.15. The number of rotatable bonds is 8. The fraction of sp³-hybridized carbons (Fsp3) is 0.235. The molecule has 7 nitrogen and oxygen atoms in total. The number of amides is 1. The molecule has 0 fully saturated rings. The van der Waals surface area contributed by atoms with Crippen molar-refractivity contribution < 1.29 is 13.2 Å².